The number of anilines is 5. The van der Waals surface area contributed by atoms with Gasteiger partial charge in [0.25, 0.3) is 0 Å². The van der Waals surface area contributed by atoms with Crippen molar-refractivity contribution in [1.29, 1.82) is 0 Å². The monoisotopic (exact) mass is 692 g/mol. The van der Waals surface area contributed by atoms with E-state index in [1.165, 1.54) is 6.20 Å². The molecule has 3 N–H and O–H groups in total. The van der Waals surface area contributed by atoms with Crippen molar-refractivity contribution in [2.45, 2.75) is 32.0 Å². The average molecular weight is 693 g/mol. The van der Waals surface area contributed by atoms with Gasteiger partial charge in [-0.05, 0) is 56.6 Å². The van der Waals surface area contributed by atoms with Gasteiger partial charge in [-0.3, -0.25) is 19.4 Å². The Morgan fingerprint density at radius 1 is 0.980 bits per heavy atom. The van der Waals surface area contributed by atoms with Crippen molar-refractivity contribution < 1.29 is 22.5 Å². The minimum Gasteiger partial charge on any atom is -0.482 e. The van der Waals surface area contributed by atoms with E-state index < -0.39 is 12.8 Å². The van der Waals surface area contributed by atoms with Gasteiger partial charge in [0.15, 0.2) is 15.1 Å². The maximum atomic E-state index is 13.4. The van der Waals surface area contributed by atoms with E-state index in [1.807, 2.05) is 6.92 Å². The van der Waals surface area contributed by atoms with Crippen molar-refractivity contribution in [2.24, 2.45) is 0 Å². The number of aromatic amines is 1. The molecule has 2 saturated heterocycles. The van der Waals surface area contributed by atoms with Crippen LogP contribution in [0.3, 0.4) is 0 Å². The van der Waals surface area contributed by atoms with Crippen LogP contribution in [-0.4, -0.2) is 99.9 Å². The average Bonchev–Trinajstić information content (AvgIpc) is 3.57. The van der Waals surface area contributed by atoms with Crippen LogP contribution < -0.4 is 25.6 Å². The van der Waals surface area contributed by atoms with Gasteiger partial charge in [-0.1, -0.05) is 0 Å². The quantitative estimate of drug-likeness (QED) is 0.163. The summed E-state index contributed by atoms with van der Waals surface area (Å²) in [6, 6.07) is 9.25. The number of rotatable bonds is 9. The molecule has 49 heavy (non-hydrogen) atoms. The summed E-state index contributed by atoms with van der Waals surface area (Å²) < 4.78 is 57.8. The van der Waals surface area contributed by atoms with Crippen LogP contribution in [0.4, 0.5) is 42.0 Å². The maximum Gasteiger partial charge on any atom is 0.422 e. The van der Waals surface area contributed by atoms with Crippen LogP contribution in [-0.2, 0) is 4.57 Å². The van der Waals surface area contributed by atoms with Crippen molar-refractivity contribution in [3.05, 3.63) is 54.5 Å². The van der Waals surface area contributed by atoms with Crippen LogP contribution in [0.25, 0.3) is 22.1 Å². The fraction of sp³-hybridized carbons (Fsp3) is 0.394. The second-order valence-electron chi connectivity index (χ2n) is 12.5. The Bertz CT molecular complexity index is 1970. The van der Waals surface area contributed by atoms with Gasteiger partial charge < -0.3 is 30.2 Å². The first-order valence-corrected chi connectivity index (χ1v) is 16.9. The number of fused-ring (bicyclic) bond motifs is 2. The van der Waals surface area contributed by atoms with Crippen LogP contribution in [0.1, 0.15) is 18.4 Å². The Labute approximate surface area is 282 Å². The van der Waals surface area contributed by atoms with E-state index in [2.05, 4.69) is 57.3 Å². The summed E-state index contributed by atoms with van der Waals surface area (Å²) in [6.07, 6.45) is 2.24. The van der Waals surface area contributed by atoms with Gasteiger partial charge in [0.1, 0.15) is 22.7 Å². The minimum atomic E-state index is -4.53. The van der Waals surface area contributed by atoms with Crippen molar-refractivity contribution >= 4 is 64.7 Å². The number of nitrogens with one attached hydrogen (secondary N) is 3. The first-order chi connectivity index (χ1) is 23.6. The van der Waals surface area contributed by atoms with Gasteiger partial charge in [-0.25, -0.2) is 0 Å². The summed E-state index contributed by atoms with van der Waals surface area (Å²) in [4.78, 5) is 28.1. The number of hydrogen-bond acceptors (Lipinski definition) is 11. The topological polar surface area (TPSA) is 127 Å². The zero-order valence-corrected chi connectivity index (χ0v) is 28.0. The van der Waals surface area contributed by atoms with E-state index in [1.54, 1.807) is 42.7 Å². The van der Waals surface area contributed by atoms with Gasteiger partial charge in [0, 0.05) is 75.7 Å². The molecule has 0 bridgehead atoms. The second-order valence-corrected chi connectivity index (χ2v) is 13.1. The van der Waals surface area contributed by atoms with E-state index in [0.717, 1.165) is 63.4 Å². The van der Waals surface area contributed by atoms with E-state index in [9.17, 15) is 17.7 Å². The van der Waals surface area contributed by atoms with Gasteiger partial charge >= 0.3 is 6.18 Å². The first-order valence-electron chi connectivity index (χ1n) is 16.1. The van der Waals surface area contributed by atoms with E-state index in [-0.39, 0.29) is 20.2 Å². The number of aromatic nitrogens is 5. The molecule has 5 aromatic rings. The number of likely N-dealkylation sites (N-methyl/N-ethyl adjacent to an activating group) is 1. The fourth-order valence-corrected chi connectivity index (χ4v) is 7.10. The lowest BCUT2D eigenvalue weighted by molar-refractivity contribution is -0.153. The lowest BCUT2D eigenvalue weighted by Crippen LogP contribution is -2.52. The molecule has 256 valence electrons. The summed E-state index contributed by atoms with van der Waals surface area (Å²) in [6.45, 7) is 6.33. The predicted molar refractivity (Wildman–Crippen MR) is 184 cm³/mol. The Hall–Kier alpha value is -4.59. The number of nitrogens with zero attached hydrogens (tertiary/aromatic N) is 7. The van der Waals surface area contributed by atoms with Gasteiger partial charge in [0.2, 0.25) is 5.95 Å². The first kappa shape index (κ1) is 32.9. The molecule has 0 radical (unpaired) electrons. The van der Waals surface area contributed by atoms with Crippen LogP contribution in [0.15, 0.2) is 48.9 Å². The molecular weight excluding hydrogens is 656 g/mol. The summed E-state index contributed by atoms with van der Waals surface area (Å²) in [5, 5.41) is 7.41. The third kappa shape index (κ3) is 7.24. The second kappa shape index (κ2) is 13.7. The molecule has 5 heterocycles. The standard InChI is InChI=1S/C33H36F3N10O2P/c1-20-17-25(27(48-19-33(34,35)36)18-26(20)46-11-6-21(7-12-46)45-15-13-44(2)14-16-45)41-32-42-30-22(5-8-39-30)31(43-32)40-24-4-3-23-28(29(24)49-47)38-10-9-37-23/h3-5,8-10,17-18,21H,6-7,11-16,19H2,1-2H3,(H3,39,40,41,42,43). The molecule has 0 aliphatic carbocycles. The zero-order chi connectivity index (χ0) is 34.1. The highest BCUT2D eigenvalue weighted by Crippen LogP contribution is 2.38. The highest BCUT2D eigenvalue weighted by Gasteiger charge is 2.31. The van der Waals surface area contributed by atoms with E-state index >= 15 is 0 Å². The van der Waals surface area contributed by atoms with Crippen molar-refractivity contribution in [1.82, 2.24) is 34.7 Å². The molecule has 0 unspecified atom stereocenters. The van der Waals surface area contributed by atoms with Crippen molar-refractivity contribution in [3.63, 3.8) is 0 Å². The van der Waals surface area contributed by atoms with Gasteiger partial charge in [-0.2, -0.15) is 23.1 Å². The summed E-state index contributed by atoms with van der Waals surface area (Å²) in [5.41, 5.74) is 4.08. The molecule has 12 nitrogen and oxygen atoms in total. The molecule has 7 rings (SSSR count). The molecule has 0 spiro atoms. The molecule has 2 aliphatic rings. The Morgan fingerprint density at radius 3 is 2.51 bits per heavy atom. The molecule has 2 aliphatic heterocycles. The van der Waals surface area contributed by atoms with E-state index in [0.29, 0.717) is 50.6 Å². The molecule has 16 heteroatoms. The third-order valence-corrected chi connectivity index (χ3v) is 9.80. The highest BCUT2D eigenvalue weighted by atomic mass is 31.1. The number of piperidine rings is 1. The SMILES string of the molecule is Cc1cc(Nc2nc(Nc3ccc4nccnc4c3P=O)c3cc[nH]c3n2)c(OCC(F)(F)F)cc1N1CCC(N2CCN(C)CC2)CC1. The maximum absolute atomic E-state index is 13.4. The van der Waals surface area contributed by atoms with Gasteiger partial charge in [-0.15, -0.1) is 0 Å². The largest absolute Gasteiger partial charge is 0.482 e. The number of alkyl halides is 3. The number of H-pyrrole nitrogens is 1. The number of ether oxygens (including phenoxy) is 1. The minimum absolute atomic E-state index is 0.0457. The van der Waals surface area contributed by atoms with Crippen LogP contribution in [0.2, 0.25) is 0 Å². The predicted octanol–water partition coefficient (Wildman–Crippen LogP) is 5.77. The fourth-order valence-electron chi connectivity index (χ4n) is 6.61. The highest BCUT2D eigenvalue weighted by molar-refractivity contribution is 7.35. The van der Waals surface area contributed by atoms with Crippen molar-refractivity contribution in [3.8, 4) is 5.75 Å². The molecule has 0 amide bonds. The molecule has 2 fully saturated rings. The van der Waals surface area contributed by atoms with Gasteiger partial charge in [0.05, 0.1) is 27.6 Å². The molecule has 2 aromatic carbocycles. The summed E-state index contributed by atoms with van der Waals surface area (Å²) in [5.74, 6) is 0.553. The molecule has 3 aromatic heterocycles. The smallest absolute Gasteiger partial charge is 0.422 e. The summed E-state index contributed by atoms with van der Waals surface area (Å²) >= 11 is 0. The van der Waals surface area contributed by atoms with E-state index in [4.69, 9.17) is 4.74 Å². The Kier molecular flexibility index (Phi) is 9.23. The Balaban J connectivity index is 1.17. The third-order valence-electron chi connectivity index (χ3n) is 9.17. The number of aryl methyl sites for hydroxylation is 1. The normalized spacial score (nSPS) is 16.9. The van der Waals surface area contributed by atoms with Crippen LogP contribution in [0, 0.1) is 6.92 Å². The zero-order valence-electron chi connectivity index (χ0n) is 27.1. The van der Waals surface area contributed by atoms with Crippen molar-refractivity contribution in [2.75, 3.05) is 68.5 Å². The lowest BCUT2D eigenvalue weighted by Gasteiger charge is -2.43. The number of piperazine rings is 1. The number of hydrogen-bond donors (Lipinski definition) is 3. The van der Waals surface area contributed by atoms with Crippen LogP contribution in [0.5, 0.6) is 5.75 Å². The summed E-state index contributed by atoms with van der Waals surface area (Å²) in [7, 11) is 1.88. The molecule has 0 saturated carbocycles. The Morgan fingerprint density at radius 2 is 1.76 bits per heavy atom. The number of halogens is 3. The van der Waals surface area contributed by atoms with Crippen LogP contribution >= 0.6 is 8.46 Å². The molecule has 0 atom stereocenters. The number of benzene rings is 2. The molecular formula is C33H36F3N10O2P. The lowest BCUT2D eigenvalue weighted by atomic mass is 10.0.